The molecule has 6 nitrogen and oxygen atoms in total. The van der Waals surface area contributed by atoms with Crippen LogP contribution in [0.15, 0.2) is 54.6 Å². The van der Waals surface area contributed by atoms with Crippen molar-refractivity contribution in [1.82, 2.24) is 4.90 Å². The second kappa shape index (κ2) is 7.74. The number of carbonyl (C=O) groups excluding carboxylic acids is 2. The van der Waals surface area contributed by atoms with Crippen LogP contribution in [0.4, 0.5) is 0 Å². The molecular formula is C20H19NO5. The summed E-state index contributed by atoms with van der Waals surface area (Å²) in [6, 6.07) is 14.3. The zero-order chi connectivity index (χ0) is 18.5. The maximum absolute atomic E-state index is 12.4. The van der Waals surface area contributed by atoms with E-state index >= 15 is 0 Å². The Hall–Kier alpha value is -3.28. The number of benzene rings is 2. The van der Waals surface area contributed by atoms with Gasteiger partial charge in [0.15, 0.2) is 11.5 Å². The first kappa shape index (κ1) is 17.5. The summed E-state index contributed by atoms with van der Waals surface area (Å²) >= 11 is 0. The van der Waals surface area contributed by atoms with Crippen molar-refractivity contribution in [2.45, 2.75) is 6.10 Å². The normalized spacial score (nSPS) is 13.5. The predicted molar refractivity (Wildman–Crippen MR) is 95.6 cm³/mol. The van der Waals surface area contributed by atoms with Gasteiger partial charge in [0.1, 0.15) is 0 Å². The fourth-order valence-corrected chi connectivity index (χ4v) is 2.46. The SMILES string of the molecule is CN(C)C(=O)[C@H](OC(=O)/C=C/c1ccc2c(c1)OCO2)c1ccccc1. The highest BCUT2D eigenvalue weighted by Crippen LogP contribution is 2.32. The molecule has 1 amide bonds. The molecule has 3 rings (SSSR count). The Morgan fingerprint density at radius 2 is 1.81 bits per heavy atom. The number of likely N-dealkylation sites (N-methyl/N-ethyl adjacent to an activating group) is 1. The van der Waals surface area contributed by atoms with Crippen molar-refractivity contribution in [2.75, 3.05) is 20.9 Å². The van der Waals surface area contributed by atoms with Crippen LogP contribution in [0.5, 0.6) is 11.5 Å². The van der Waals surface area contributed by atoms with E-state index in [-0.39, 0.29) is 12.7 Å². The monoisotopic (exact) mass is 353 g/mol. The van der Waals surface area contributed by atoms with Crippen molar-refractivity contribution in [3.8, 4) is 11.5 Å². The molecule has 6 heteroatoms. The van der Waals surface area contributed by atoms with Crippen LogP contribution in [0.2, 0.25) is 0 Å². The van der Waals surface area contributed by atoms with E-state index in [0.717, 1.165) is 5.56 Å². The fourth-order valence-electron chi connectivity index (χ4n) is 2.46. The fraction of sp³-hybridized carbons (Fsp3) is 0.200. The predicted octanol–water partition coefficient (Wildman–Crippen LogP) is 2.80. The minimum absolute atomic E-state index is 0.190. The van der Waals surface area contributed by atoms with Gasteiger partial charge in [-0.15, -0.1) is 0 Å². The van der Waals surface area contributed by atoms with Crippen molar-refractivity contribution in [3.05, 3.63) is 65.7 Å². The number of rotatable bonds is 5. The molecule has 2 aromatic carbocycles. The zero-order valence-corrected chi connectivity index (χ0v) is 14.5. The van der Waals surface area contributed by atoms with E-state index in [1.165, 1.54) is 11.0 Å². The largest absolute Gasteiger partial charge is 0.454 e. The van der Waals surface area contributed by atoms with Gasteiger partial charge in [-0.3, -0.25) is 4.79 Å². The van der Waals surface area contributed by atoms with Gasteiger partial charge in [0.2, 0.25) is 12.9 Å². The Labute approximate surface area is 151 Å². The molecule has 1 atom stereocenters. The lowest BCUT2D eigenvalue weighted by atomic mass is 10.1. The zero-order valence-electron chi connectivity index (χ0n) is 14.5. The minimum atomic E-state index is -0.986. The van der Waals surface area contributed by atoms with Gasteiger partial charge in [0.25, 0.3) is 5.91 Å². The second-order valence-electron chi connectivity index (χ2n) is 5.91. The topological polar surface area (TPSA) is 65.1 Å². The molecule has 26 heavy (non-hydrogen) atoms. The summed E-state index contributed by atoms with van der Waals surface area (Å²) < 4.78 is 16.0. The third-order valence-electron chi connectivity index (χ3n) is 3.81. The molecule has 134 valence electrons. The minimum Gasteiger partial charge on any atom is -0.454 e. The molecule has 0 unspecified atom stereocenters. The van der Waals surface area contributed by atoms with Gasteiger partial charge in [-0.05, 0) is 23.8 Å². The van der Waals surface area contributed by atoms with Crippen molar-refractivity contribution in [2.24, 2.45) is 0 Å². The number of hydrogen-bond acceptors (Lipinski definition) is 5. The van der Waals surface area contributed by atoms with Crippen molar-refractivity contribution < 1.29 is 23.8 Å². The molecule has 0 bridgehead atoms. The van der Waals surface area contributed by atoms with Crippen LogP contribution in [0.25, 0.3) is 6.08 Å². The average Bonchev–Trinajstić information content (AvgIpc) is 3.12. The maximum Gasteiger partial charge on any atom is 0.331 e. The van der Waals surface area contributed by atoms with Gasteiger partial charge in [-0.2, -0.15) is 0 Å². The summed E-state index contributed by atoms with van der Waals surface area (Å²) in [5.41, 5.74) is 1.39. The van der Waals surface area contributed by atoms with Gasteiger partial charge in [-0.1, -0.05) is 36.4 Å². The van der Waals surface area contributed by atoms with Gasteiger partial charge in [0.05, 0.1) is 0 Å². The number of ether oxygens (including phenoxy) is 3. The van der Waals surface area contributed by atoms with Crippen LogP contribution in [0.1, 0.15) is 17.2 Å². The lowest BCUT2D eigenvalue weighted by Gasteiger charge is -2.20. The number of amides is 1. The lowest BCUT2D eigenvalue weighted by Crippen LogP contribution is -2.30. The summed E-state index contributed by atoms with van der Waals surface area (Å²) in [7, 11) is 3.24. The molecule has 1 heterocycles. The first-order valence-electron chi connectivity index (χ1n) is 8.09. The maximum atomic E-state index is 12.4. The van der Waals surface area contributed by atoms with Gasteiger partial charge in [0, 0.05) is 25.7 Å². The van der Waals surface area contributed by atoms with E-state index in [2.05, 4.69) is 0 Å². The van der Waals surface area contributed by atoms with Crippen LogP contribution in [-0.4, -0.2) is 37.7 Å². The van der Waals surface area contributed by atoms with Crippen LogP contribution in [0, 0.1) is 0 Å². The van der Waals surface area contributed by atoms with E-state index in [4.69, 9.17) is 14.2 Å². The standard InChI is InChI=1S/C20H19NO5/c1-21(2)20(23)19(15-6-4-3-5-7-15)26-18(22)11-9-14-8-10-16-17(12-14)25-13-24-16/h3-12,19H,13H2,1-2H3/b11-9+/t19-/m1/s1. The highest BCUT2D eigenvalue weighted by molar-refractivity contribution is 5.91. The molecule has 2 aromatic rings. The summed E-state index contributed by atoms with van der Waals surface area (Å²) in [4.78, 5) is 26.0. The van der Waals surface area contributed by atoms with Crippen LogP contribution < -0.4 is 9.47 Å². The van der Waals surface area contributed by atoms with Crippen LogP contribution in [-0.2, 0) is 14.3 Å². The molecule has 0 radical (unpaired) electrons. The van der Waals surface area contributed by atoms with Gasteiger partial charge < -0.3 is 19.1 Å². The van der Waals surface area contributed by atoms with E-state index in [1.807, 2.05) is 6.07 Å². The Balaban J connectivity index is 1.72. The molecule has 0 saturated heterocycles. The number of hydrogen-bond donors (Lipinski definition) is 0. The molecule has 0 fully saturated rings. The Bertz CT molecular complexity index is 829. The van der Waals surface area contributed by atoms with E-state index in [0.29, 0.717) is 17.1 Å². The molecule has 0 aliphatic carbocycles. The first-order chi connectivity index (χ1) is 12.5. The van der Waals surface area contributed by atoms with Crippen molar-refractivity contribution >= 4 is 18.0 Å². The van der Waals surface area contributed by atoms with Crippen molar-refractivity contribution in [3.63, 3.8) is 0 Å². The molecule has 0 N–H and O–H groups in total. The smallest absolute Gasteiger partial charge is 0.331 e. The van der Waals surface area contributed by atoms with Crippen LogP contribution in [0.3, 0.4) is 0 Å². The molecule has 0 aromatic heterocycles. The number of fused-ring (bicyclic) bond motifs is 1. The Morgan fingerprint density at radius 3 is 2.54 bits per heavy atom. The number of nitrogens with zero attached hydrogens (tertiary/aromatic N) is 1. The molecule has 0 saturated carbocycles. The molecule has 1 aliphatic heterocycles. The van der Waals surface area contributed by atoms with Crippen LogP contribution >= 0.6 is 0 Å². The third-order valence-corrected chi connectivity index (χ3v) is 3.81. The summed E-state index contributed by atoms with van der Waals surface area (Å²) in [6.45, 7) is 0.190. The van der Waals surface area contributed by atoms with E-state index in [9.17, 15) is 9.59 Å². The molecular weight excluding hydrogens is 334 g/mol. The second-order valence-corrected chi connectivity index (χ2v) is 5.91. The third kappa shape index (κ3) is 4.03. The summed E-state index contributed by atoms with van der Waals surface area (Å²) in [5.74, 6) is 0.392. The average molecular weight is 353 g/mol. The summed E-state index contributed by atoms with van der Waals surface area (Å²) in [6.07, 6.45) is 1.91. The highest BCUT2D eigenvalue weighted by atomic mass is 16.7. The Kier molecular flexibility index (Phi) is 5.22. The lowest BCUT2D eigenvalue weighted by molar-refractivity contribution is -0.155. The highest BCUT2D eigenvalue weighted by Gasteiger charge is 2.25. The Morgan fingerprint density at radius 1 is 1.08 bits per heavy atom. The van der Waals surface area contributed by atoms with E-state index in [1.54, 1.807) is 62.6 Å². The quantitative estimate of drug-likeness (QED) is 0.611. The first-order valence-corrected chi connectivity index (χ1v) is 8.09. The van der Waals surface area contributed by atoms with E-state index < -0.39 is 12.1 Å². The van der Waals surface area contributed by atoms with Gasteiger partial charge >= 0.3 is 5.97 Å². The number of carbonyl (C=O) groups is 2. The van der Waals surface area contributed by atoms with Crippen molar-refractivity contribution in [1.29, 1.82) is 0 Å². The molecule has 1 aliphatic rings. The van der Waals surface area contributed by atoms with Gasteiger partial charge in [-0.25, -0.2) is 4.79 Å². The molecule has 0 spiro atoms. The number of esters is 1. The summed E-state index contributed by atoms with van der Waals surface area (Å²) in [5, 5.41) is 0.